The molecule has 1 aliphatic rings. The molecule has 0 heterocycles. The molecule has 2 unspecified atom stereocenters. The third-order valence-electron chi connectivity index (χ3n) is 3.56. The van der Waals surface area contributed by atoms with Crippen molar-refractivity contribution in [2.45, 2.75) is 59.4 Å². The van der Waals surface area contributed by atoms with Crippen LogP contribution in [-0.2, 0) is 0 Å². The Kier molecular flexibility index (Phi) is 3.39. The van der Waals surface area contributed by atoms with Crippen LogP contribution >= 0.6 is 0 Å². The molecule has 1 nitrogen and oxygen atoms in total. The molecule has 1 saturated carbocycles. The van der Waals surface area contributed by atoms with Crippen molar-refractivity contribution in [1.29, 1.82) is 0 Å². The molecule has 1 aliphatic carbocycles. The second kappa shape index (κ2) is 4.00. The Balaban J connectivity index is 2.51. The van der Waals surface area contributed by atoms with Crippen molar-refractivity contribution in [2.24, 2.45) is 23.0 Å². The summed E-state index contributed by atoms with van der Waals surface area (Å²) in [6, 6.07) is 0.416. The van der Waals surface area contributed by atoms with Gasteiger partial charge in [-0.1, -0.05) is 34.1 Å². The van der Waals surface area contributed by atoms with Gasteiger partial charge >= 0.3 is 0 Å². The molecule has 1 heteroatoms. The molecule has 2 atom stereocenters. The minimum Gasteiger partial charge on any atom is -0.327 e. The summed E-state index contributed by atoms with van der Waals surface area (Å²) >= 11 is 0. The van der Waals surface area contributed by atoms with Crippen molar-refractivity contribution < 1.29 is 0 Å². The zero-order valence-electron chi connectivity index (χ0n) is 9.64. The van der Waals surface area contributed by atoms with E-state index in [-0.39, 0.29) is 0 Å². The zero-order chi connectivity index (χ0) is 10.1. The summed E-state index contributed by atoms with van der Waals surface area (Å²) in [4.78, 5) is 0. The molecule has 1 fully saturated rings. The molecule has 0 aliphatic heterocycles. The Morgan fingerprint density at radius 3 is 2.38 bits per heavy atom. The van der Waals surface area contributed by atoms with E-state index < -0.39 is 0 Å². The molecule has 0 bridgehead atoms. The quantitative estimate of drug-likeness (QED) is 0.699. The monoisotopic (exact) mass is 183 g/mol. The van der Waals surface area contributed by atoms with E-state index >= 15 is 0 Å². The van der Waals surface area contributed by atoms with Gasteiger partial charge in [0.2, 0.25) is 0 Å². The van der Waals surface area contributed by atoms with Gasteiger partial charge < -0.3 is 5.73 Å². The number of nitrogens with two attached hydrogens (primary N) is 1. The average molecular weight is 183 g/mol. The molecule has 0 amide bonds. The Morgan fingerprint density at radius 2 is 1.92 bits per heavy atom. The summed E-state index contributed by atoms with van der Waals surface area (Å²) in [6.45, 7) is 9.25. The smallest absolute Gasteiger partial charge is 0.00905 e. The van der Waals surface area contributed by atoms with Gasteiger partial charge in [-0.15, -0.1) is 0 Å². The topological polar surface area (TPSA) is 26.0 Å². The number of rotatable bonds is 2. The first-order valence-electron chi connectivity index (χ1n) is 5.68. The average Bonchev–Trinajstić information content (AvgIpc) is 2.01. The summed E-state index contributed by atoms with van der Waals surface area (Å²) in [5.74, 6) is 1.41. The fourth-order valence-electron chi connectivity index (χ4n) is 2.63. The molecule has 0 aromatic carbocycles. The number of hydrogen-bond donors (Lipinski definition) is 1. The second-order valence-electron chi connectivity index (χ2n) is 5.84. The largest absolute Gasteiger partial charge is 0.327 e. The van der Waals surface area contributed by atoms with Crippen molar-refractivity contribution in [2.75, 3.05) is 0 Å². The van der Waals surface area contributed by atoms with E-state index in [1.807, 2.05) is 0 Å². The minimum atomic E-state index is 0.416. The first-order chi connectivity index (χ1) is 5.92. The Bertz CT molecular complexity index is 161. The normalized spacial score (nSPS) is 30.5. The maximum absolute atomic E-state index is 6.21. The third kappa shape index (κ3) is 2.98. The molecule has 78 valence electrons. The summed E-state index contributed by atoms with van der Waals surface area (Å²) in [5, 5.41) is 0. The standard InChI is InChI=1S/C12H25N/c1-9(2)11(13)10-6-5-7-12(3,4)8-10/h9-11H,5-8,13H2,1-4H3. The van der Waals surface area contributed by atoms with Crippen LogP contribution in [0.5, 0.6) is 0 Å². The van der Waals surface area contributed by atoms with Gasteiger partial charge in [0.05, 0.1) is 0 Å². The lowest BCUT2D eigenvalue weighted by Gasteiger charge is -2.39. The van der Waals surface area contributed by atoms with Gasteiger partial charge in [-0.2, -0.15) is 0 Å². The highest BCUT2D eigenvalue weighted by Crippen LogP contribution is 2.40. The van der Waals surface area contributed by atoms with Crippen LogP contribution < -0.4 is 5.73 Å². The highest BCUT2D eigenvalue weighted by molar-refractivity contribution is 4.85. The molecule has 0 spiro atoms. The first kappa shape index (κ1) is 11.0. The Morgan fingerprint density at radius 1 is 1.31 bits per heavy atom. The summed E-state index contributed by atoms with van der Waals surface area (Å²) in [5.41, 5.74) is 6.75. The SMILES string of the molecule is CC(C)C(N)C1CCCC(C)(C)C1. The predicted octanol–water partition coefficient (Wildman–Crippen LogP) is 3.19. The van der Waals surface area contributed by atoms with E-state index in [2.05, 4.69) is 27.7 Å². The van der Waals surface area contributed by atoms with Crippen molar-refractivity contribution in [1.82, 2.24) is 0 Å². The fourth-order valence-corrected chi connectivity index (χ4v) is 2.63. The third-order valence-corrected chi connectivity index (χ3v) is 3.56. The van der Waals surface area contributed by atoms with Crippen molar-refractivity contribution in [3.63, 3.8) is 0 Å². The van der Waals surface area contributed by atoms with Gasteiger partial charge in [-0.05, 0) is 36.5 Å². The highest BCUT2D eigenvalue weighted by Gasteiger charge is 2.31. The molecule has 0 aromatic heterocycles. The summed E-state index contributed by atoms with van der Waals surface area (Å²) < 4.78 is 0. The lowest BCUT2D eigenvalue weighted by molar-refractivity contribution is 0.145. The molecular weight excluding hydrogens is 158 g/mol. The highest BCUT2D eigenvalue weighted by atomic mass is 14.7. The lowest BCUT2D eigenvalue weighted by Crippen LogP contribution is -2.39. The molecular formula is C12H25N. The van der Waals surface area contributed by atoms with Gasteiger partial charge in [0.1, 0.15) is 0 Å². The maximum atomic E-state index is 6.21. The van der Waals surface area contributed by atoms with Gasteiger partial charge in [0.15, 0.2) is 0 Å². The number of hydrogen-bond acceptors (Lipinski definition) is 1. The van der Waals surface area contributed by atoms with Crippen LogP contribution in [0.1, 0.15) is 53.4 Å². The lowest BCUT2D eigenvalue weighted by atomic mass is 9.68. The van der Waals surface area contributed by atoms with E-state index in [0.717, 1.165) is 5.92 Å². The molecule has 1 rings (SSSR count). The van der Waals surface area contributed by atoms with E-state index in [0.29, 0.717) is 17.4 Å². The Labute approximate surface area is 83.1 Å². The maximum Gasteiger partial charge on any atom is 0.00905 e. The van der Waals surface area contributed by atoms with Crippen LogP contribution in [0.4, 0.5) is 0 Å². The van der Waals surface area contributed by atoms with Crippen molar-refractivity contribution in [3.05, 3.63) is 0 Å². The van der Waals surface area contributed by atoms with Crippen molar-refractivity contribution >= 4 is 0 Å². The van der Waals surface area contributed by atoms with E-state index in [1.54, 1.807) is 0 Å². The van der Waals surface area contributed by atoms with Crippen LogP contribution in [0, 0.1) is 17.3 Å². The predicted molar refractivity (Wildman–Crippen MR) is 58.6 cm³/mol. The fraction of sp³-hybridized carbons (Fsp3) is 1.00. The van der Waals surface area contributed by atoms with Crippen LogP contribution in [0.15, 0.2) is 0 Å². The van der Waals surface area contributed by atoms with Crippen LogP contribution in [0.2, 0.25) is 0 Å². The molecule has 13 heavy (non-hydrogen) atoms. The minimum absolute atomic E-state index is 0.416. The van der Waals surface area contributed by atoms with E-state index in [1.165, 1.54) is 25.7 Å². The molecule has 0 aromatic rings. The van der Waals surface area contributed by atoms with Crippen LogP contribution in [0.3, 0.4) is 0 Å². The van der Waals surface area contributed by atoms with Crippen LogP contribution in [0.25, 0.3) is 0 Å². The van der Waals surface area contributed by atoms with Gasteiger partial charge in [-0.25, -0.2) is 0 Å². The van der Waals surface area contributed by atoms with E-state index in [9.17, 15) is 0 Å². The van der Waals surface area contributed by atoms with Gasteiger partial charge in [0, 0.05) is 6.04 Å². The van der Waals surface area contributed by atoms with Crippen LogP contribution in [-0.4, -0.2) is 6.04 Å². The van der Waals surface area contributed by atoms with Gasteiger partial charge in [0.25, 0.3) is 0 Å². The first-order valence-corrected chi connectivity index (χ1v) is 5.68. The van der Waals surface area contributed by atoms with E-state index in [4.69, 9.17) is 5.73 Å². The molecule has 0 radical (unpaired) electrons. The molecule has 2 N–H and O–H groups in total. The Hall–Kier alpha value is -0.0400. The zero-order valence-corrected chi connectivity index (χ0v) is 9.64. The second-order valence-corrected chi connectivity index (χ2v) is 5.84. The van der Waals surface area contributed by atoms with Crippen molar-refractivity contribution in [3.8, 4) is 0 Å². The molecule has 0 saturated heterocycles. The summed E-state index contributed by atoms with van der Waals surface area (Å²) in [7, 11) is 0. The summed E-state index contributed by atoms with van der Waals surface area (Å²) in [6.07, 6.45) is 5.43. The van der Waals surface area contributed by atoms with Gasteiger partial charge in [-0.3, -0.25) is 0 Å².